The highest BCUT2D eigenvalue weighted by Gasteiger charge is 2.07. The highest BCUT2D eigenvalue weighted by Crippen LogP contribution is 2.15. The number of ether oxygens (including phenoxy) is 1. The molecule has 6 heteroatoms. The van der Waals surface area contributed by atoms with E-state index in [1.165, 1.54) is 5.56 Å². The second kappa shape index (κ2) is 7.68. The van der Waals surface area contributed by atoms with Crippen LogP contribution in [0.2, 0.25) is 5.02 Å². The maximum absolute atomic E-state index is 12.1. The van der Waals surface area contributed by atoms with E-state index < -0.39 is 0 Å². The van der Waals surface area contributed by atoms with Gasteiger partial charge in [-0.25, -0.2) is 4.98 Å². The second-order valence-electron chi connectivity index (χ2n) is 6.07. The number of hydrogen-bond donors (Lipinski definition) is 1. The largest absolute Gasteiger partial charge is 0.492 e. The van der Waals surface area contributed by atoms with E-state index in [0.29, 0.717) is 41.4 Å². The molecular formula is C19H20ClN3O2. The van der Waals surface area contributed by atoms with Crippen LogP contribution in [0.5, 0.6) is 5.75 Å². The van der Waals surface area contributed by atoms with Crippen molar-refractivity contribution in [3.05, 3.63) is 69.2 Å². The van der Waals surface area contributed by atoms with Crippen LogP contribution in [-0.2, 0) is 6.54 Å². The van der Waals surface area contributed by atoms with E-state index >= 15 is 0 Å². The van der Waals surface area contributed by atoms with Gasteiger partial charge < -0.3 is 9.72 Å². The molecule has 2 aromatic carbocycles. The number of nitrogens with zero attached hydrogens (tertiary/aromatic N) is 2. The van der Waals surface area contributed by atoms with Gasteiger partial charge in [-0.3, -0.25) is 9.69 Å². The lowest BCUT2D eigenvalue weighted by atomic mass is 10.2. The molecule has 25 heavy (non-hydrogen) atoms. The van der Waals surface area contributed by atoms with Crippen molar-refractivity contribution in [1.29, 1.82) is 0 Å². The van der Waals surface area contributed by atoms with Gasteiger partial charge in [0.1, 0.15) is 18.2 Å². The van der Waals surface area contributed by atoms with Gasteiger partial charge in [0.2, 0.25) is 0 Å². The van der Waals surface area contributed by atoms with Crippen LogP contribution < -0.4 is 10.3 Å². The second-order valence-corrected chi connectivity index (χ2v) is 6.51. The van der Waals surface area contributed by atoms with E-state index in [9.17, 15) is 4.79 Å². The first-order chi connectivity index (χ1) is 12.0. The van der Waals surface area contributed by atoms with Crippen LogP contribution in [0.25, 0.3) is 10.9 Å². The molecule has 3 aromatic rings. The molecule has 5 nitrogen and oxygen atoms in total. The summed E-state index contributed by atoms with van der Waals surface area (Å²) in [6.07, 6.45) is 0. The van der Waals surface area contributed by atoms with E-state index in [-0.39, 0.29) is 5.56 Å². The minimum Gasteiger partial charge on any atom is -0.492 e. The van der Waals surface area contributed by atoms with Crippen molar-refractivity contribution in [3.63, 3.8) is 0 Å². The Kier molecular flexibility index (Phi) is 5.36. The smallest absolute Gasteiger partial charge is 0.258 e. The Morgan fingerprint density at radius 2 is 1.96 bits per heavy atom. The quantitative estimate of drug-likeness (QED) is 0.734. The molecule has 0 aliphatic heterocycles. The van der Waals surface area contributed by atoms with Crippen molar-refractivity contribution >= 4 is 22.5 Å². The van der Waals surface area contributed by atoms with Gasteiger partial charge in [-0.1, -0.05) is 29.3 Å². The monoisotopic (exact) mass is 357 g/mol. The standard InChI is InChI=1S/C19H20ClN3O2/c1-13-3-6-15(7-4-13)25-10-9-23(2)12-18-21-17-11-14(20)5-8-16(17)19(24)22-18/h3-8,11H,9-10,12H2,1-2H3,(H,21,22,24). The fraction of sp³-hybridized carbons (Fsp3) is 0.263. The summed E-state index contributed by atoms with van der Waals surface area (Å²) in [5, 5.41) is 1.11. The maximum atomic E-state index is 12.1. The van der Waals surface area contributed by atoms with Crippen molar-refractivity contribution in [1.82, 2.24) is 14.9 Å². The molecule has 1 heterocycles. The topological polar surface area (TPSA) is 58.2 Å². The summed E-state index contributed by atoms with van der Waals surface area (Å²) in [5.41, 5.74) is 1.66. The number of halogens is 1. The fourth-order valence-electron chi connectivity index (χ4n) is 2.52. The normalized spacial score (nSPS) is 11.2. The lowest BCUT2D eigenvalue weighted by molar-refractivity contribution is 0.230. The molecule has 0 unspecified atom stereocenters. The molecule has 0 amide bonds. The summed E-state index contributed by atoms with van der Waals surface area (Å²) in [5.74, 6) is 1.46. The lowest BCUT2D eigenvalue weighted by Gasteiger charge is -2.16. The Hall–Kier alpha value is -2.37. The maximum Gasteiger partial charge on any atom is 0.258 e. The molecule has 0 saturated carbocycles. The molecule has 130 valence electrons. The van der Waals surface area contributed by atoms with Crippen LogP contribution in [0.15, 0.2) is 47.3 Å². The average molecular weight is 358 g/mol. The van der Waals surface area contributed by atoms with Gasteiger partial charge >= 0.3 is 0 Å². The van der Waals surface area contributed by atoms with E-state index in [4.69, 9.17) is 16.3 Å². The molecule has 0 radical (unpaired) electrons. The molecule has 0 atom stereocenters. The number of rotatable bonds is 6. The summed E-state index contributed by atoms with van der Waals surface area (Å²) in [7, 11) is 1.96. The van der Waals surface area contributed by atoms with Gasteiger partial charge in [0.15, 0.2) is 0 Å². The first kappa shape index (κ1) is 17.5. The number of H-pyrrole nitrogens is 1. The number of aryl methyl sites for hydroxylation is 1. The number of hydrogen-bond acceptors (Lipinski definition) is 4. The number of benzene rings is 2. The molecule has 0 saturated heterocycles. The van der Waals surface area contributed by atoms with E-state index in [0.717, 1.165) is 5.75 Å². The number of aromatic nitrogens is 2. The molecule has 0 bridgehead atoms. The van der Waals surface area contributed by atoms with E-state index in [1.807, 2.05) is 43.1 Å². The summed E-state index contributed by atoms with van der Waals surface area (Å²) < 4.78 is 5.73. The van der Waals surface area contributed by atoms with Crippen LogP contribution in [0.4, 0.5) is 0 Å². The summed E-state index contributed by atoms with van der Waals surface area (Å²) in [6.45, 7) is 3.84. The van der Waals surface area contributed by atoms with Gasteiger partial charge in [-0.2, -0.15) is 0 Å². The van der Waals surface area contributed by atoms with E-state index in [2.05, 4.69) is 9.97 Å². The van der Waals surface area contributed by atoms with Crippen LogP contribution >= 0.6 is 11.6 Å². The zero-order valence-corrected chi connectivity index (χ0v) is 15.0. The van der Waals surface area contributed by atoms with Crippen molar-refractivity contribution < 1.29 is 4.74 Å². The number of likely N-dealkylation sites (N-methyl/N-ethyl adjacent to an activating group) is 1. The number of aromatic amines is 1. The minimum atomic E-state index is -0.152. The van der Waals surface area contributed by atoms with Gasteiger partial charge in [-0.15, -0.1) is 0 Å². The molecule has 0 aliphatic carbocycles. The molecule has 3 rings (SSSR count). The van der Waals surface area contributed by atoms with Crippen molar-refractivity contribution in [2.75, 3.05) is 20.2 Å². The molecule has 1 N–H and O–H groups in total. The first-order valence-corrected chi connectivity index (χ1v) is 8.45. The first-order valence-electron chi connectivity index (χ1n) is 8.08. The predicted molar refractivity (Wildman–Crippen MR) is 100 cm³/mol. The summed E-state index contributed by atoms with van der Waals surface area (Å²) >= 11 is 5.99. The molecular weight excluding hydrogens is 338 g/mol. The molecule has 0 spiro atoms. The molecule has 0 aliphatic rings. The zero-order chi connectivity index (χ0) is 17.8. The summed E-state index contributed by atoms with van der Waals surface area (Å²) in [4.78, 5) is 21.5. The van der Waals surface area contributed by atoms with Gasteiger partial charge in [-0.05, 0) is 44.3 Å². The SMILES string of the molecule is Cc1ccc(OCCN(C)Cc2nc3cc(Cl)ccc3c(=O)[nH]2)cc1. The minimum absolute atomic E-state index is 0.152. The Morgan fingerprint density at radius 1 is 1.20 bits per heavy atom. The molecule has 0 fully saturated rings. The highest BCUT2D eigenvalue weighted by atomic mass is 35.5. The van der Waals surface area contributed by atoms with Crippen LogP contribution in [0.1, 0.15) is 11.4 Å². The van der Waals surface area contributed by atoms with Crippen LogP contribution in [-0.4, -0.2) is 35.1 Å². The predicted octanol–water partition coefficient (Wildman–Crippen LogP) is 3.40. The van der Waals surface area contributed by atoms with E-state index in [1.54, 1.807) is 18.2 Å². The lowest BCUT2D eigenvalue weighted by Crippen LogP contribution is -2.26. The summed E-state index contributed by atoms with van der Waals surface area (Å²) in [6, 6.07) is 13.0. The third-order valence-corrected chi connectivity index (χ3v) is 4.14. The number of fused-ring (bicyclic) bond motifs is 1. The Balaban J connectivity index is 1.60. The van der Waals surface area contributed by atoms with Crippen molar-refractivity contribution in [2.45, 2.75) is 13.5 Å². The molecule has 1 aromatic heterocycles. The van der Waals surface area contributed by atoms with Gasteiger partial charge in [0.05, 0.1) is 17.4 Å². The Labute approximate surface area is 151 Å². The van der Waals surface area contributed by atoms with Gasteiger partial charge in [0.25, 0.3) is 5.56 Å². The Morgan fingerprint density at radius 3 is 2.72 bits per heavy atom. The third-order valence-electron chi connectivity index (χ3n) is 3.90. The Bertz CT molecular complexity index is 922. The highest BCUT2D eigenvalue weighted by molar-refractivity contribution is 6.31. The number of nitrogens with one attached hydrogen (secondary N) is 1. The van der Waals surface area contributed by atoms with Crippen LogP contribution in [0.3, 0.4) is 0 Å². The van der Waals surface area contributed by atoms with Crippen molar-refractivity contribution in [3.8, 4) is 5.75 Å². The average Bonchev–Trinajstić information content (AvgIpc) is 2.56. The third kappa shape index (κ3) is 4.59. The van der Waals surface area contributed by atoms with Crippen molar-refractivity contribution in [2.24, 2.45) is 0 Å². The van der Waals surface area contributed by atoms with Crippen LogP contribution in [0, 0.1) is 6.92 Å². The van der Waals surface area contributed by atoms with Gasteiger partial charge in [0, 0.05) is 11.6 Å². The fourth-order valence-corrected chi connectivity index (χ4v) is 2.69. The zero-order valence-electron chi connectivity index (χ0n) is 14.3.